The largest absolute Gasteiger partial charge is 0.453 e. The van der Waals surface area contributed by atoms with Gasteiger partial charge in [0.25, 0.3) is 5.91 Å². The second-order valence-corrected chi connectivity index (χ2v) is 7.69. The number of carbonyl (C=O) groups is 5. The molecule has 1 aliphatic rings. The van der Waals surface area contributed by atoms with Gasteiger partial charge in [0.1, 0.15) is 17.8 Å². The fraction of sp³-hybridized carbons (Fsp3) is 0.115. The van der Waals surface area contributed by atoms with E-state index in [1.54, 1.807) is 18.2 Å². The van der Waals surface area contributed by atoms with Gasteiger partial charge in [-0.15, -0.1) is 0 Å². The third-order valence-corrected chi connectivity index (χ3v) is 5.48. The van der Waals surface area contributed by atoms with E-state index in [4.69, 9.17) is 4.74 Å². The number of fused-ring (bicyclic) bond motifs is 1. The smallest absolute Gasteiger partial charge is 0.339 e. The zero-order chi connectivity index (χ0) is 24.4. The molecule has 0 aliphatic carbocycles. The van der Waals surface area contributed by atoms with E-state index in [9.17, 15) is 28.4 Å². The molecule has 1 aliphatic heterocycles. The van der Waals surface area contributed by atoms with Crippen molar-refractivity contribution in [3.63, 3.8) is 0 Å². The van der Waals surface area contributed by atoms with Crippen molar-refractivity contribution in [2.75, 3.05) is 5.32 Å². The molecule has 34 heavy (non-hydrogen) atoms. The number of anilines is 1. The van der Waals surface area contributed by atoms with Crippen molar-refractivity contribution < 1.29 is 33.1 Å². The molecule has 0 aromatic heterocycles. The number of amides is 1. The minimum atomic E-state index is -1.82. The van der Waals surface area contributed by atoms with Crippen molar-refractivity contribution in [3.8, 4) is 0 Å². The summed E-state index contributed by atoms with van der Waals surface area (Å²) in [6, 6.07) is 17.1. The Morgan fingerprint density at radius 3 is 2.38 bits per heavy atom. The Labute approximate surface area is 193 Å². The van der Waals surface area contributed by atoms with Crippen LogP contribution in [0, 0.1) is 11.7 Å². The molecule has 0 spiro atoms. The topological polar surface area (TPSA) is 107 Å². The van der Waals surface area contributed by atoms with E-state index in [-0.39, 0.29) is 22.6 Å². The van der Waals surface area contributed by atoms with Crippen LogP contribution in [-0.2, 0) is 14.3 Å². The number of hydrogen-bond donors (Lipinski definition) is 1. The monoisotopic (exact) mass is 459 g/mol. The van der Waals surface area contributed by atoms with Crippen molar-refractivity contribution in [2.24, 2.45) is 5.92 Å². The van der Waals surface area contributed by atoms with E-state index in [1.165, 1.54) is 55.5 Å². The number of cyclic esters (lactones) is 1. The molecule has 2 atom stereocenters. The number of carbonyl (C=O) groups excluding carboxylic acids is 5. The lowest BCUT2D eigenvalue weighted by atomic mass is 9.84. The maximum atomic E-state index is 14.4. The molecule has 7 nitrogen and oxygen atoms in total. The van der Waals surface area contributed by atoms with Gasteiger partial charge >= 0.3 is 5.97 Å². The first-order valence-electron chi connectivity index (χ1n) is 10.3. The molecule has 3 aromatic carbocycles. The molecule has 0 fully saturated rings. The summed E-state index contributed by atoms with van der Waals surface area (Å²) in [5.41, 5.74) is 0.464. The van der Waals surface area contributed by atoms with Gasteiger partial charge in [0.15, 0.2) is 11.6 Å². The molecule has 0 unspecified atom stereocenters. The number of hydrogen-bond acceptors (Lipinski definition) is 6. The minimum Gasteiger partial charge on any atom is -0.453 e. The summed E-state index contributed by atoms with van der Waals surface area (Å²) in [5.74, 6) is -7.08. The van der Waals surface area contributed by atoms with Crippen LogP contribution >= 0.6 is 0 Å². The molecule has 0 radical (unpaired) electrons. The molecule has 0 saturated heterocycles. The summed E-state index contributed by atoms with van der Waals surface area (Å²) < 4.78 is 19.7. The molecule has 1 amide bonds. The molecule has 1 heterocycles. The van der Waals surface area contributed by atoms with Crippen LogP contribution in [0.5, 0.6) is 0 Å². The Kier molecular flexibility index (Phi) is 6.14. The van der Waals surface area contributed by atoms with Crippen LogP contribution in [0.4, 0.5) is 10.1 Å². The molecule has 4 rings (SSSR count). The first-order valence-corrected chi connectivity index (χ1v) is 10.3. The van der Waals surface area contributed by atoms with Crippen LogP contribution < -0.4 is 5.32 Å². The second kappa shape index (κ2) is 9.19. The van der Waals surface area contributed by atoms with Crippen LogP contribution in [0.2, 0.25) is 0 Å². The molecule has 3 aromatic rings. The highest BCUT2D eigenvalue weighted by molar-refractivity contribution is 6.45. The maximum Gasteiger partial charge on any atom is 0.339 e. The molecule has 8 heteroatoms. The summed E-state index contributed by atoms with van der Waals surface area (Å²) in [7, 11) is 0. The van der Waals surface area contributed by atoms with Crippen molar-refractivity contribution >= 4 is 34.9 Å². The zero-order valence-electron chi connectivity index (χ0n) is 17.9. The predicted octanol–water partition coefficient (Wildman–Crippen LogP) is 3.95. The lowest BCUT2D eigenvalue weighted by Crippen LogP contribution is -2.38. The quantitative estimate of drug-likeness (QED) is 0.248. The molecule has 170 valence electrons. The first-order chi connectivity index (χ1) is 16.3. The van der Waals surface area contributed by atoms with Crippen LogP contribution in [0.1, 0.15) is 49.7 Å². The van der Waals surface area contributed by atoms with Gasteiger partial charge in [0.2, 0.25) is 5.78 Å². The highest BCUT2D eigenvalue weighted by Gasteiger charge is 2.46. The van der Waals surface area contributed by atoms with Crippen LogP contribution in [-0.4, -0.2) is 29.2 Å². The number of ether oxygens (including phenoxy) is 1. The Balaban J connectivity index is 1.72. The molecule has 0 bridgehead atoms. The Morgan fingerprint density at radius 2 is 1.65 bits per heavy atom. The van der Waals surface area contributed by atoms with Gasteiger partial charge in [0.05, 0.1) is 11.1 Å². The van der Waals surface area contributed by atoms with E-state index >= 15 is 0 Å². The Hall–Kier alpha value is -4.46. The second-order valence-electron chi connectivity index (χ2n) is 7.69. The van der Waals surface area contributed by atoms with Crippen molar-refractivity contribution in [3.05, 3.63) is 101 Å². The number of Topliss-reactive ketones (excluding diaryl/α,β-unsaturated/α-hetero) is 3. The van der Waals surface area contributed by atoms with Gasteiger partial charge in [-0.2, -0.15) is 0 Å². The highest BCUT2D eigenvalue weighted by Crippen LogP contribution is 2.38. The van der Waals surface area contributed by atoms with E-state index in [1.807, 2.05) is 0 Å². The number of ketones is 3. The number of esters is 1. The van der Waals surface area contributed by atoms with Crippen molar-refractivity contribution in [1.82, 2.24) is 0 Å². The van der Waals surface area contributed by atoms with E-state index in [0.717, 1.165) is 6.07 Å². The van der Waals surface area contributed by atoms with Gasteiger partial charge in [-0.05, 0) is 37.3 Å². The predicted molar refractivity (Wildman–Crippen MR) is 119 cm³/mol. The average Bonchev–Trinajstić information content (AvgIpc) is 3.15. The van der Waals surface area contributed by atoms with Gasteiger partial charge < -0.3 is 10.1 Å². The zero-order valence-corrected chi connectivity index (χ0v) is 17.9. The summed E-state index contributed by atoms with van der Waals surface area (Å²) in [5, 5.41) is 2.37. The number of benzene rings is 3. The third-order valence-electron chi connectivity index (χ3n) is 5.48. The van der Waals surface area contributed by atoms with E-state index in [2.05, 4.69) is 5.32 Å². The fourth-order valence-corrected chi connectivity index (χ4v) is 3.79. The summed E-state index contributed by atoms with van der Waals surface area (Å²) >= 11 is 0. The van der Waals surface area contributed by atoms with Gasteiger partial charge in [0, 0.05) is 16.8 Å². The summed E-state index contributed by atoms with van der Waals surface area (Å²) in [6.45, 7) is 1.35. The molecule has 1 N–H and O–H groups in total. The van der Waals surface area contributed by atoms with Crippen molar-refractivity contribution in [2.45, 2.75) is 13.0 Å². The lowest BCUT2D eigenvalue weighted by molar-refractivity contribution is -0.138. The minimum absolute atomic E-state index is 0.154. The van der Waals surface area contributed by atoms with Gasteiger partial charge in [-0.1, -0.05) is 42.5 Å². The molecular weight excluding hydrogens is 441 g/mol. The van der Waals surface area contributed by atoms with Crippen LogP contribution in [0.15, 0.2) is 72.8 Å². The third kappa shape index (κ3) is 4.25. The Morgan fingerprint density at radius 1 is 0.941 bits per heavy atom. The normalized spacial score (nSPS) is 15.1. The summed E-state index contributed by atoms with van der Waals surface area (Å²) in [4.78, 5) is 63.4. The van der Waals surface area contributed by atoms with E-state index in [0.29, 0.717) is 5.56 Å². The number of rotatable bonds is 7. The molecule has 0 saturated carbocycles. The van der Waals surface area contributed by atoms with Crippen LogP contribution in [0.25, 0.3) is 0 Å². The van der Waals surface area contributed by atoms with Crippen molar-refractivity contribution in [1.29, 1.82) is 0 Å². The SMILES string of the molecule is CC(=O)c1cccc(NC(=O)C(=O)[C@H](C(=O)c2ccccc2F)[C@@H]2OC(=O)c3ccccc32)c1. The van der Waals surface area contributed by atoms with Crippen LogP contribution in [0.3, 0.4) is 0 Å². The molecular formula is C26H18FNO6. The van der Waals surface area contributed by atoms with Gasteiger partial charge in [-0.3, -0.25) is 19.2 Å². The number of nitrogens with one attached hydrogen (secondary N) is 1. The highest BCUT2D eigenvalue weighted by atomic mass is 19.1. The van der Waals surface area contributed by atoms with E-state index < -0.39 is 46.8 Å². The lowest BCUT2D eigenvalue weighted by Gasteiger charge is -2.21. The maximum absolute atomic E-state index is 14.4. The summed E-state index contributed by atoms with van der Waals surface area (Å²) in [6.07, 6.45) is -1.40. The first kappa shape index (κ1) is 22.7. The standard InChI is InChI=1S/C26H18FNO6/c1-14(29)15-7-6-8-16(13-15)28-25(32)23(31)21(22(30)19-11-4-5-12-20(19)27)24-17-9-2-3-10-18(17)26(33)34-24/h2-13,21,24H,1H3,(H,28,32)/t21-,24+/m0/s1. The fourth-order valence-electron chi connectivity index (χ4n) is 3.79. The Bertz CT molecular complexity index is 1350. The average molecular weight is 459 g/mol. The van der Waals surface area contributed by atoms with Gasteiger partial charge in [-0.25, -0.2) is 9.18 Å². The number of halogens is 1.